The molecule has 1 aliphatic heterocycles. The van der Waals surface area contributed by atoms with Crippen LogP contribution in [0.15, 0.2) is 67.2 Å². The van der Waals surface area contributed by atoms with E-state index in [0.29, 0.717) is 22.9 Å². The molecule has 1 aromatic heterocycles. The molecule has 5 rings (SSSR count). The molecule has 1 aliphatic rings. The smallest absolute Gasteiger partial charge is 0.138 e. The molecule has 0 amide bonds. The van der Waals surface area contributed by atoms with E-state index in [9.17, 15) is 5.11 Å². The molecule has 6 nitrogen and oxygen atoms in total. The van der Waals surface area contributed by atoms with Crippen LogP contribution in [0.1, 0.15) is 35.4 Å². The first-order chi connectivity index (χ1) is 17.4. The molecule has 0 bridgehead atoms. The second-order valence-electron chi connectivity index (χ2n) is 9.33. The number of piperidine rings is 1. The maximum atomic E-state index is 9.63. The molecule has 2 N–H and O–H groups in total. The predicted octanol–water partition coefficient (Wildman–Crippen LogP) is 6.68. The first-order valence-corrected chi connectivity index (χ1v) is 12.5. The lowest BCUT2D eigenvalue weighted by Crippen LogP contribution is -2.38. The number of aryl methyl sites for hydroxylation is 1. The Morgan fingerprint density at radius 1 is 1.14 bits per heavy atom. The number of hydrogen-bond donors (Lipinski definition) is 2. The van der Waals surface area contributed by atoms with E-state index < -0.39 is 0 Å². The molecule has 186 valence electrons. The zero-order valence-electron chi connectivity index (χ0n) is 20.3. The Hall–Kier alpha value is -3.48. The maximum absolute atomic E-state index is 9.63. The standard InChI is InChI=1S/C29H30ClN3O3/c1-19-6-9-28(25(30)14-19)35-18-21-4-3-5-24(15-21)36-23-10-12-33(13-11-23)17-29-31-26-8-7-22(20(2)34)16-27(26)32-29/h3-9,14-16,23,34H,2,10-13,17-18H2,1H3,(H,31,32). The number of benzene rings is 3. The topological polar surface area (TPSA) is 70.6 Å². The maximum Gasteiger partial charge on any atom is 0.138 e. The predicted molar refractivity (Wildman–Crippen MR) is 144 cm³/mol. The number of H-pyrrole nitrogens is 1. The number of aliphatic hydroxyl groups excluding tert-OH is 1. The Bertz CT molecular complexity index is 1380. The van der Waals surface area contributed by atoms with Crippen molar-refractivity contribution in [2.24, 2.45) is 0 Å². The van der Waals surface area contributed by atoms with Crippen molar-refractivity contribution in [2.45, 2.75) is 39.0 Å². The van der Waals surface area contributed by atoms with Crippen molar-refractivity contribution in [3.63, 3.8) is 0 Å². The van der Waals surface area contributed by atoms with Crippen LogP contribution < -0.4 is 9.47 Å². The molecule has 0 radical (unpaired) electrons. The van der Waals surface area contributed by atoms with Crippen LogP contribution >= 0.6 is 11.6 Å². The number of nitrogens with zero attached hydrogens (tertiary/aromatic N) is 2. The second-order valence-corrected chi connectivity index (χ2v) is 9.73. The van der Waals surface area contributed by atoms with Crippen LogP contribution in [0.2, 0.25) is 5.02 Å². The Morgan fingerprint density at radius 3 is 2.75 bits per heavy atom. The molecule has 0 atom stereocenters. The highest BCUT2D eigenvalue weighted by Gasteiger charge is 2.21. The van der Waals surface area contributed by atoms with Gasteiger partial charge >= 0.3 is 0 Å². The normalized spacial score (nSPS) is 14.7. The molecule has 36 heavy (non-hydrogen) atoms. The number of aliphatic hydroxyl groups is 1. The molecule has 2 heterocycles. The minimum Gasteiger partial charge on any atom is -0.508 e. The average Bonchev–Trinajstić information content (AvgIpc) is 3.26. The summed E-state index contributed by atoms with van der Waals surface area (Å²) < 4.78 is 12.2. The van der Waals surface area contributed by atoms with Crippen molar-refractivity contribution in [1.29, 1.82) is 0 Å². The molecule has 1 saturated heterocycles. The summed E-state index contributed by atoms with van der Waals surface area (Å²) in [6.45, 7) is 8.67. The molecular weight excluding hydrogens is 474 g/mol. The van der Waals surface area contributed by atoms with Gasteiger partial charge in [-0.15, -0.1) is 0 Å². The minimum absolute atomic E-state index is 0.0591. The van der Waals surface area contributed by atoms with E-state index in [4.69, 9.17) is 26.1 Å². The summed E-state index contributed by atoms with van der Waals surface area (Å²) in [5.74, 6) is 2.53. The summed E-state index contributed by atoms with van der Waals surface area (Å²) in [6, 6.07) is 19.5. The van der Waals surface area contributed by atoms with Crippen LogP contribution in [0.3, 0.4) is 0 Å². The van der Waals surface area contributed by atoms with Gasteiger partial charge in [0.2, 0.25) is 0 Å². The SMILES string of the molecule is C=C(O)c1ccc2nc(CN3CCC(Oc4cccc(COc5ccc(C)cc5Cl)c4)CC3)[nH]c2c1. The van der Waals surface area contributed by atoms with Gasteiger partial charge in [0.05, 0.1) is 22.6 Å². The van der Waals surface area contributed by atoms with Crippen LogP contribution in [0.5, 0.6) is 11.5 Å². The summed E-state index contributed by atoms with van der Waals surface area (Å²) in [5.41, 5.74) is 4.64. The molecule has 7 heteroatoms. The fourth-order valence-corrected chi connectivity index (χ4v) is 4.79. The third kappa shape index (κ3) is 5.83. The van der Waals surface area contributed by atoms with E-state index in [1.54, 1.807) is 0 Å². The molecule has 0 saturated carbocycles. The zero-order chi connectivity index (χ0) is 25.1. The molecule has 0 unspecified atom stereocenters. The van der Waals surface area contributed by atoms with Crippen molar-refractivity contribution < 1.29 is 14.6 Å². The van der Waals surface area contributed by atoms with Gasteiger partial charge in [-0.1, -0.05) is 36.4 Å². The number of aromatic nitrogens is 2. The van der Waals surface area contributed by atoms with Gasteiger partial charge in [0.15, 0.2) is 0 Å². The highest BCUT2D eigenvalue weighted by Crippen LogP contribution is 2.27. The zero-order valence-corrected chi connectivity index (χ0v) is 21.1. The van der Waals surface area contributed by atoms with Gasteiger partial charge < -0.3 is 19.6 Å². The molecule has 0 aliphatic carbocycles. The Kier molecular flexibility index (Phi) is 7.16. The second kappa shape index (κ2) is 10.6. The van der Waals surface area contributed by atoms with Crippen LogP contribution in [-0.2, 0) is 13.2 Å². The van der Waals surface area contributed by atoms with Gasteiger partial charge in [-0.2, -0.15) is 0 Å². The Morgan fingerprint density at radius 2 is 1.97 bits per heavy atom. The lowest BCUT2D eigenvalue weighted by Gasteiger charge is -2.31. The monoisotopic (exact) mass is 503 g/mol. The van der Waals surface area contributed by atoms with E-state index >= 15 is 0 Å². The minimum atomic E-state index is 0.0591. The summed E-state index contributed by atoms with van der Waals surface area (Å²) in [5, 5.41) is 10.3. The average molecular weight is 504 g/mol. The van der Waals surface area contributed by atoms with E-state index in [1.807, 2.05) is 67.6 Å². The van der Waals surface area contributed by atoms with Crippen molar-refractivity contribution in [3.05, 3.63) is 94.8 Å². The number of hydrogen-bond acceptors (Lipinski definition) is 5. The number of nitrogens with one attached hydrogen (secondary N) is 1. The first kappa shape index (κ1) is 24.2. The van der Waals surface area contributed by atoms with Crippen LogP contribution in [0, 0.1) is 6.92 Å². The number of rotatable bonds is 8. The van der Waals surface area contributed by atoms with Crippen LogP contribution in [-0.4, -0.2) is 39.2 Å². The number of ether oxygens (including phenoxy) is 2. The summed E-state index contributed by atoms with van der Waals surface area (Å²) in [6.07, 6.45) is 2.08. The van der Waals surface area contributed by atoms with Gasteiger partial charge in [0.1, 0.15) is 35.8 Å². The van der Waals surface area contributed by atoms with Gasteiger partial charge in [-0.05, 0) is 73.4 Å². The van der Waals surface area contributed by atoms with Crippen LogP contribution in [0.4, 0.5) is 0 Å². The van der Waals surface area contributed by atoms with Crippen molar-refractivity contribution in [2.75, 3.05) is 13.1 Å². The van der Waals surface area contributed by atoms with Gasteiger partial charge in [0.25, 0.3) is 0 Å². The van der Waals surface area contributed by atoms with Crippen LogP contribution in [0.25, 0.3) is 16.8 Å². The lowest BCUT2D eigenvalue weighted by atomic mass is 10.1. The summed E-state index contributed by atoms with van der Waals surface area (Å²) >= 11 is 6.28. The van der Waals surface area contributed by atoms with Gasteiger partial charge in [-0.25, -0.2) is 4.98 Å². The first-order valence-electron chi connectivity index (χ1n) is 12.2. The van der Waals surface area contributed by atoms with Crippen molar-refractivity contribution in [1.82, 2.24) is 14.9 Å². The van der Waals surface area contributed by atoms with E-state index in [1.165, 1.54) is 0 Å². The summed E-state index contributed by atoms with van der Waals surface area (Å²) in [7, 11) is 0. The lowest BCUT2D eigenvalue weighted by molar-refractivity contribution is 0.0954. The van der Waals surface area contributed by atoms with Crippen molar-refractivity contribution >= 4 is 28.4 Å². The molecular formula is C29H30ClN3O3. The molecule has 4 aromatic rings. The number of imidazole rings is 1. The van der Waals surface area contributed by atoms with Gasteiger partial charge in [0, 0.05) is 18.7 Å². The van der Waals surface area contributed by atoms with Gasteiger partial charge in [-0.3, -0.25) is 4.90 Å². The van der Waals surface area contributed by atoms with E-state index in [0.717, 1.165) is 66.2 Å². The third-order valence-electron chi connectivity index (χ3n) is 6.46. The number of aromatic amines is 1. The quantitative estimate of drug-likeness (QED) is 0.262. The number of likely N-dealkylation sites (tertiary alicyclic amines) is 1. The largest absolute Gasteiger partial charge is 0.508 e. The highest BCUT2D eigenvalue weighted by molar-refractivity contribution is 6.32. The van der Waals surface area contributed by atoms with E-state index in [2.05, 4.69) is 16.5 Å². The fraction of sp³-hybridized carbons (Fsp3) is 0.276. The number of fused-ring (bicyclic) bond motifs is 1. The third-order valence-corrected chi connectivity index (χ3v) is 6.75. The highest BCUT2D eigenvalue weighted by atomic mass is 35.5. The Balaban J connectivity index is 1.12. The van der Waals surface area contributed by atoms with E-state index in [-0.39, 0.29) is 11.9 Å². The summed E-state index contributed by atoms with van der Waals surface area (Å²) in [4.78, 5) is 10.4. The number of halogens is 1. The molecule has 0 spiro atoms. The fourth-order valence-electron chi connectivity index (χ4n) is 4.50. The molecule has 1 fully saturated rings. The molecule has 3 aromatic carbocycles. The Labute approximate surface area is 216 Å². The van der Waals surface area contributed by atoms with Crippen molar-refractivity contribution in [3.8, 4) is 11.5 Å².